The molecule has 0 bridgehead atoms. The molecular formula is C22H24N4OS. The van der Waals surface area contributed by atoms with Crippen LogP contribution in [0.25, 0.3) is 5.69 Å². The van der Waals surface area contributed by atoms with E-state index < -0.39 is 0 Å². The van der Waals surface area contributed by atoms with Crippen LogP contribution in [0.3, 0.4) is 0 Å². The first-order valence-electron chi connectivity index (χ1n) is 9.60. The largest absolute Gasteiger partial charge is 0.372 e. The number of aromatic nitrogens is 2. The lowest BCUT2D eigenvalue weighted by molar-refractivity contribution is 0.102. The predicted molar refractivity (Wildman–Crippen MR) is 116 cm³/mol. The van der Waals surface area contributed by atoms with Gasteiger partial charge in [0.05, 0.1) is 6.20 Å². The first kappa shape index (κ1) is 18.6. The number of amides is 1. The van der Waals surface area contributed by atoms with E-state index in [9.17, 15) is 4.79 Å². The summed E-state index contributed by atoms with van der Waals surface area (Å²) >= 11 is 1.52. The van der Waals surface area contributed by atoms with E-state index in [2.05, 4.69) is 27.3 Å². The number of carbonyl (C=O) groups excluding carboxylic acids is 1. The van der Waals surface area contributed by atoms with Crippen molar-refractivity contribution in [1.29, 1.82) is 0 Å². The predicted octanol–water partition coefficient (Wildman–Crippen LogP) is 4.84. The Balaban J connectivity index is 1.53. The fraction of sp³-hybridized carbons (Fsp3) is 0.273. The second-order valence-electron chi connectivity index (χ2n) is 6.85. The number of benzene rings is 2. The fourth-order valence-corrected chi connectivity index (χ4v) is 4.11. The van der Waals surface area contributed by atoms with Gasteiger partial charge in [0, 0.05) is 30.2 Å². The van der Waals surface area contributed by atoms with E-state index >= 15 is 0 Å². The number of hydrogen-bond donors (Lipinski definition) is 1. The van der Waals surface area contributed by atoms with Crippen molar-refractivity contribution in [2.45, 2.75) is 24.4 Å². The Morgan fingerprint density at radius 3 is 2.36 bits per heavy atom. The third-order valence-electron chi connectivity index (χ3n) is 5.01. The molecule has 1 aromatic heterocycles. The van der Waals surface area contributed by atoms with Gasteiger partial charge in [-0.15, -0.1) is 0 Å². The fourth-order valence-electron chi connectivity index (χ4n) is 3.57. The lowest BCUT2D eigenvalue weighted by Gasteiger charge is -2.28. The van der Waals surface area contributed by atoms with Crippen LogP contribution in [0.15, 0.2) is 66.0 Å². The Morgan fingerprint density at radius 1 is 0.964 bits per heavy atom. The molecule has 1 amide bonds. The molecule has 1 fully saturated rings. The second kappa shape index (κ2) is 8.52. The summed E-state index contributed by atoms with van der Waals surface area (Å²) in [4.78, 5) is 19.7. The van der Waals surface area contributed by atoms with Gasteiger partial charge in [0.25, 0.3) is 5.91 Å². The van der Waals surface area contributed by atoms with Gasteiger partial charge in [-0.05, 0) is 61.9 Å². The molecule has 0 atom stereocenters. The minimum atomic E-state index is -0.164. The topological polar surface area (TPSA) is 50.2 Å². The molecule has 0 unspecified atom stereocenters. The first-order chi connectivity index (χ1) is 13.8. The molecule has 3 aromatic rings. The van der Waals surface area contributed by atoms with Crippen LogP contribution in [0.1, 0.15) is 29.8 Å². The van der Waals surface area contributed by atoms with Crippen molar-refractivity contribution >= 4 is 29.0 Å². The van der Waals surface area contributed by atoms with Gasteiger partial charge in [-0.3, -0.25) is 9.36 Å². The van der Waals surface area contributed by atoms with Crippen molar-refractivity contribution in [1.82, 2.24) is 9.55 Å². The Hall–Kier alpha value is -2.73. The van der Waals surface area contributed by atoms with E-state index in [1.165, 1.54) is 36.7 Å². The number of imidazole rings is 1. The molecule has 2 heterocycles. The maximum Gasteiger partial charge on any atom is 0.274 e. The average molecular weight is 393 g/mol. The molecule has 4 rings (SSSR count). The van der Waals surface area contributed by atoms with Crippen LogP contribution in [-0.4, -0.2) is 34.8 Å². The van der Waals surface area contributed by atoms with Crippen LogP contribution in [-0.2, 0) is 0 Å². The quantitative estimate of drug-likeness (QED) is 0.632. The Morgan fingerprint density at radius 2 is 1.68 bits per heavy atom. The van der Waals surface area contributed by atoms with Crippen molar-refractivity contribution < 1.29 is 4.79 Å². The van der Waals surface area contributed by atoms with Gasteiger partial charge < -0.3 is 10.2 Å². The molecule has 144 valence electrons. The maximum atomic E-state index is 12.9. The highest BCUT2D eigenvalue weighted by molar-refractivity contribution is 7.98. The molecule has 28 heavy (non-hydrogen) atoms. The van der Waals surface area contributed by atoms with E-state index in [1.54, 1.807) is 6.20 Å². The number of rotatable bonds is 5. The SMILES string of the molecule is CSc1ncc(C(=O)Nc2ccc(N3CCCCC3)cc2)n1-c1ccccc1. The Kier molecular flexibility index (Phi) is 5.67. The van der Waals surface area contributed by atoms with E-state index in [-0.39, 0.29) is 5.91 Å². The van der Waals surface area contributed by atoms with E-state index in [0.29, 0.717) is 5.69 Å². The van der Waals surface area contributed by atoms with Crippen molar-refractivity contribution in [3.63, 3.8) is 0 Å². The summed E-state index contributed by atoms with van der Waals surface area (Å²) in [6.45, 7) is 2.22. The zero-order valence-electron chi connectivity index (χ0n) is 16.0. The average Bonchev–Trinajstić information content (AvgIpc) is 3.20. The number of thioether (sulfide) groups is 1. The number of anilines is 2. The smallest absolute Gasteiger partial charge is 0.274 e. The van der Waals surface area contributed by atoms with E-state index in [0.717, 1.165) is 29.6 Å². The highest BCUT2D eigenvalue weighted by atomic mass is 32.2. The summed E-state index contributed by atoms with van der Waals surface area (Å²) in [5.41, 5.74) is 3.46. The third-order valence-corrected chi connectivity index (χ3v) is 5.66. The summed E-state index contributed by atoms with van der Waals surface area (Å²) < 4.78 is 1.89. The summed E-state index contributed by atoms with van der Waals surface area (Å²) in [6.07, 6.45) is 7.41. The molecule has 0 aliphatic carbocycles. The molecule has 0 spiro atoms. The Labute approximate surface area is 169 Å². The minimum Gasteiger partial charge on any atom is -0.372 e. The van der Waals surface area contributed by atoms with E-state index in [1.807, 2.05) is 53.3 Å². The second-order valence-corrected chi connectivity index (χ2v) is 7.62. The number of hydrogen-bond acceptors (Lipinski definition) is 4. The van der Waals surface area contributed by atoms with Gasteiger partial charge in [-0.25, -0.2) is 4.98 Å². The normalized spacial score (nSPS) is 14.1. The molecule has 1 aliphatic heterocycles. The first-order valence-corrected chi connectivity index (χ1v) is 10.8. The van der Waals surface area contributed by atoms with Crippen LogP contribution in [0.5, 0.6) is 0 Å². The van der Waals surface area contributed by atoms with Crippen LogP contribution in [0.2, 0.25) is 0 Å². The van der Waals surface area contributed by atoms with Crippen molar-refractivity contribution in [2.24, 2.45) is 0 Å². The molecule has 2 aromatic carbocycles. The molecule has 5 nitrogen and oxygen atoms in total. The zero-order valence-corrected chi connectivity index (χ0v) is 16.8. The number of nitrogens with zero attached hydrogens (tertiary/aromatic N) is 3. The van der Waals surface area contributed by atoms with Gasteiger partial charge in [-0.2, -0.15) is 0 Å². The molecule has 0 radical (unpaired) electrons. The standard InChI is InChI=1S/C22H24N4OS/c1-28-22-23-16-20(26(22)19-8-4-2-5-9-19)21(27)24-17-10-12-18(13-11-17)25-14-6-3-7-15-25/h2,4-5,8-13,16H,3,6-7,14-15H2,1H3,(H,24,27). The molecule has 1 aliphatic rings. The van der Waals surface area contributed by atoms with E-state index in [4.69, 9.17) is 0 Å². The van der Waals surface area contributed by atoms with Crippen LogP contribution >= 0.6 is 11.8 Å². The lowest BCUT2D eigenvalue weighted by atomic mass is 10.1. The minimum absolute atomic E-state index is 0.164. The number of piperidine rings is 1. The van der Waals surface area contributed by atoms with Gasteiger partial charge in [0.15, 0.2) is 5.16 Å². The van der Waals surface area contributed by atoms with Crippen molar-refractivity contribution in [3.8, 4) is 5.69 Å². The lowest BCUT2D eigenvalue weighted by Crippen LogP contribution is -2.29. The number of nitrogens with one attached hydrogen (secondary N) is 1. The third kappa shape index (κ3) is 3.92. The summed E-state index contributed by atoms with van der Waals surface area (Å²) in [5, 5.41) is 3.80. The molecule has 0 saturated carbocycles. The zero-order chi connectivity index (χ0) is 19.3. The van der Waals surface area contributed by atoms with Crippen LogP contribution in [0.4, 0.5) is 11.4 Å². The van der Waals surface area contributed by atoms with Gasteiger partial charge in [0.2, 0.25) is 0 Å². The highest BCUT2D eigenvalue weighted by Crippen LogP contribution is 2.24. The number of carbonyl (C=O) groups is 1. The highest BCUT2D eigenvalue weighted by Gasteiger charge is 2.18. The van der Waals surface area contributed by atoms with Crippen molar-refractivity contribution in [3.05, 3.63) is 66.5 Å². The van der Waals surface area contributed by atoms with Crippen LogP contribution in [0, 0.1) is 0 Å². The molecule has 1 saturated heterocycles. The molecule has 6 heteroatoms. The summed E-state index contributed by atoms with van der Waals surface area (Å²) in [7, 11) is 0. The van der Waals surface area contributed by atoms with Crippen LogP contribution < -0.4 is 10.2 Å². The summed E-state index contributed by atoms with van der Waals surface area (Å²) in [5.74, 6) is -0.164. The monoisotopic (exact) mass is 392 g/mol. The summed E-state index contributed by atoms with van der Waals surface area (Å²) in [6, 6.07) is 18.0. The number of para-hydroxylation sites is 1. The van der Waals surface area contributed by atoms with Gasteiger partial charge >= 0.3 is 0 Å². The van der Waals surface area contributed by atoms with Crippen molar-refractivity contribution in [2.75, 3.05) is 29.6 Å². The van der Waals surface area contributed by atoms with Gasteiger partial charge in [0.1, 0.15) is 5.69 Å². The maximum absolute atomic E-state index is 12.9. The molecular weight excluding hydrogens is 368 g/mol. The van der Waals surface area contributed by atoms with Gasteiger partial charge in [-0.1, -0.05) is 30.0 Å². The Bertz CT molecular complexity index is 931. The molecule has 1 N–H and O–H groups in total.